The number of methoxy groups -OCH3 is 1. The summed E-state index contributed by atoms with van der Waals surface area (Å²) in [5.41, 5.74) is 2.18. The van der Waals surface area contributed by atoms with Crippen molar-refractivity contribution in [3.8, 4) is 5.75 Å². The summed E-state index contributed by atoms with van der Waals surface area (Å²) in [6, 6.07) is 13.5. The van der Waals surface area contributed by atoms with Crippen molar-refractivity contribution in [3.05, 3.63) is 53.8 Å². The van der Waals surface area contributed by atoms with Gasteiger partial charge in [-0.2, -0.15) is 0 Å². The third kappa shape index (κ3) is 2.40. The van der Waals surface area contributed by atoms with Crippen LogP contribution in [0.1, 0.15) is 11.6 Å². The molecule has 1 aliphatic heterocycles. The largest absolute Gasteiger partial charge is 0.494 e. The highest BCUT2D eigenvalue weighted by molar-refractivity contribution is 7.99. The van der Waals surface area contributed by atoms with Crippen LogP contribution in [0.25, 0.3) is 0 Å². The van der Waals surface area contributed by atoms with Gasteiger partial charge in [-0.1, -0.05) is 18.2 Å². The molecule has 2 nitrogen and oxygen atoms in total. The Morgan fingerprint density at radius 2 is 2.11 bits per heavy atom. The van der Waals surface area contributed by atoms with Crippen LogP contribution >= 0.6 is 11.8 Å². The summed E-state index contributed by atoms with van der Waals surface area (Å²) in [5, 5.41) is 3.43. The van der Waals surface area contributed by atoms with Gasteiger partial charge in [-0.05, 0) is 23.8 Å². The van der Waals surface area contributed by atoms with Gasteiger partial charge in [-0.15, -0.1) is 11.8 Å². The van der Waals surface area contributed by atoms with E-state index in [0.717, 1.165) is 11.4 Å². The molecule has 0 aromatic heterocycles. The molecule has 4 heteroatoms. The quantitative estimate of drug-likeness (QED) is 0.911. The number of halogens is 1. The SMILES string of the molecule is COc1cc(NC2CSc3ccccc32)ccc1F. The molecule has 0 bridgehead atoms. The van der Waals surface area contributed by atoms with Crippen molar-refractivity contribution < 1.29 is 9.13 Å². The molecule has 1 heterocycles. The van der Waals surface area contributed by atoms with Gasteiger partial charge in [0.1, 0.15) is 0 Å². The first-order valence-corrected chi connectivity index (χ1v) is 7.08. The monoisotopic (exact) mass is 275 g/mol. The molecule has 1 N–H and O–H groups in total. The van der Waals surface area contributed by atoms with Crippen LogP contribution in [0.15, 0.2) is 47.4 Å². The summed E-state index contributed by atoms with van der Waals surface area (Å²) in [5.74, 6) is 0.914. The second kappa shape index (κ2) is 5.13. The first-order valence-electron chi connectivity index (χ1n) is 6.10. The van der Waals surface area contributed by atoms with Crippen molar-refractivity contribution in [2.75, 3.05) is 18.2 Å². The summed E-state index contributed by atoms with van der Waals surface area (Å²) in [4.78, 5) is 1.31. The van der Waals surface area contributed by atoms with Crippen LogP contribution in [0.5, 0.6) is 5.75 Å². The highest BCUT2D eigenvalue weighted by Crippen LogP contribution is 2.39. The van der Waals surface area contributed by atoms with Gasteiger partial charge >= 0.3 is 0 Å². The Hall–Kier alpha value is -1.68. The van der Waals surface area contributed by atoms with E-state index in [1.165, 1.54) is 23.6 Å². The molecule has 0 radical (unpaired) electrons. The van der Waals surface area contributed by atoms with Crippen LogP contribution < -0.4 is 10.1 Å². The average Bonchev–Trinajstić information content (AvgIpc) is 2.84. The molecule has 0 spiro atoms. The van der Waals surface area contributed by atoms with Crippen LogP contribution in [-0.2, 0) is 0 Å². The van der Waals surface area contributed by atoms with Crippen LogP contribution in [0.4, 0.5) is 10.1 Å². The van der Waals surface area contributed by atoms with E-state index in [1.54, 1.807) is 12.1 Å². The van der Waals surface area contributed by atoms with E-state index in [4.69, 9.17) is 4.74 Å². The van der Waals surface area contributed by atoms with E-state index in [-0.39, 0.29) is 17.6 Å². The third-order valence-corrected chi connectivity index (χ3v) is 4.37. The molecule has 98 valence electrons. The fourth-order valence-electron chi connectivity index (χ4n) is 2.23. The zero-order chi connectivity index (χ0) is 13.2. The fraction of sp³-hybridized carbons (Fsp3) is 0.200. The lowest BCUT2D eigenvalue weighted by Crippen LogP contribution is -2.09. The Balaban J connectivity index is 1.83. The second-order valence-corrected chi connectivity index (χ2v) is 5.46. The third-order valence-electron chi connectivity index (χ3n) is 3.19. The topological polar surface area (TPSA) is 21.3 Å². The molecule has 1 unspecified atom stereocenters. The minimum atomic E-state index is -0.339. The molecule has 0 saturated heterocycles. The number of benzene rings is 2. The minimum Gasteiger partial charge on any atom is -0.494 e. The number of fused-ring (bicyclic) bond motifs is 1. The van der Waals surface area contributed by atoms with Crippen molar-refractivity contribution >= 4 is 17.4 Å². The van der Waals surface area contributed by atoms with Crippen LogP contribution in [0.2, 0.25) is 0 Å². The summed E-state index contributed by atoms with van der Waals surface area (Å²) in [6.07, 6.45) is 0. The molecule has 1 atom stereocenters. The number of hydrogen-bond donors (Lipinski definition) is 1. The average molecular weight is 275 g/mol. The first-order chi connectivity index (χ1) is 9.28. The van der Waals surface area contributed by atoms with Crippen LogP contribution in [-0.4, -0.2) is 12.9 Å². The highest BCUT2D eigenvalue weighted by atomic mass is 32.2. The predicted molar refractivity (Wildman–Crippen MR) is 76.5 cm³/mol. The van der Waals surface area contributed by atoms with Gasteiger partial charge in [0.05, 0.1) is 13.2 Å². The smallest absolute Gasteiger partial charge is 0.165 e. The van der Waals surface area contributed by atoms with Crippen molar-refractivity contribution in [3.63, 3.8) is 0 Å². The van der Waals surface area contributed by atoms with Crippen molar-refractivity contribution in [2.24, 2.45) is 0 Å². The maximum Gasteiger partial charge on any atom is 0.165 e. The van der Waals surface area contributed by atoms with E-state index in [1.807, 2.05) is 17.8 Å². The van der Waals surface area contributed by atoms with Crippen molar-refractivity contribution in [1.82, 2.24) is 0 Å². The van der Waals surface area contributed by atoms with Gasteiger partial charge < -0.3 is 10.1 Å². The van der Waals surface area contributed by atoms with E-state index in [9.17, 15) is 4.39 Å². The lowest BCUT2D eigenvalue weighted by atomic mass is 10.1. The van der Waals surface area contributed by atoms with E-state index in [2.05, 4.69) is 23.5 Å². The molecule has 0 amide bonds. The Kier molecular flexibility index (Phi) is 3.34. The second-order valence-electron chi connectivity index (χ2n) is 4.40. The number of hydrogen-bond acceptors (Lipinski definition) is 3. The number of thioether (sulfide) groups is 1. The van der Waals surface area contributed by atoms with Gasteiger partial charge in [0.15, 0.2) is 11.6 Å². The molecule has 2 aromatic carbocycles. The van der Waals surface area contributed by atoms with Gasteiger partial charge in [-0.25, -0.2) is 4.39 Å². The summed E-state index contributed by atoms with van der Waals surface area (Å²) in [7, 11) is 1.48. The van der Waals surface area contributed by atoms with E-state index >= 15 is 0 Å². The molecule has 3 rings (SSSR count). The Morgan fingerprint density at radius 1 is 1.26 bits per heavy atom. The van der Waals surface area contributed by atoms with Crippen LogP contribution in [0.3, 0.4) is 0 Å². The van der Waals surface area contributed by atoms with E-state index in [0.29, 0.717) is 0 Å². The Bertz CT molecular complexity index is 602. The van der Waals surface area contributed by atoms with Gasteiger partial charge in [-0.3, -0.25) is 0 Å². The summed E-state index contributed by atoms with van der Waals surface area (Å²) in [6.45, 7) is 0. The zero-order valence-corrected chi connectivity index (χ0v) is 11.3. The van der Waals surface area contributed by atoms with Crippen molar-refractivity contribution in [1.29, 1.82) is 0 Å². The molecule has 2 aromatic rings. The summed E-state index contributed by atoms with van der Waals surface area (Å²) >= 11 is 1.84. The Labute approximate surface area is 116 Å². The maximum absolute atomic E-state index is 13.4. The zero-order valence-electron chi connectivity index (χ0n) is 10.5. The number of rotatable bonds is 3. The molecular formula is C15H14FNOS. The lowest BCUT2D eigenvalue weighted by Gasteiger charge is -2.15. The molecule has 19 heavy (non-hydrogen) atoms. The molecule has 1 aliphatic rings. The normalized spacial score (nSPS) is 17.1. The first kappa shape index (κ1) is 12.4. The van der Waals surface area contributed by atoms with Gasteiger partial charge in [0, 0.05) is 22.4 Å². The molecule has 0 aliphatic carbocycles. The summed E-state index contributed by atoms with van der Waals surface area (Å²) < 4.78 is 18.4. The minimum absolute atomic E-state index is 0.261. The standard InChI is InChI=1S/C15H14FNOS/c1-18-14-8-10(6-7-12(14)16)17-13-9-19-15-5-3-2-4-11(13)15/h2-8,13,17H,9H2,1H3. The van der Waals surface area contributed by atoms with Gasteiger partial charge in [0.2, 0.25) is 0 Å². The predicted octanol–water partition coefficient (Wildman–Crippen LogP) is 4.09. The highest BCUT2D eigenvalue weighted by Gasteiger charge is 2.22. The lowest BCUT2D eigenvalue weighted by molar-refractivity contribution is 0.387. The molecule has 0 saturated carbocycles. The number of anilines is 1. The maximum atomic E-state index is 13.4. The van der Waals surface area contributed by atoms with Crippen LogP contribution in [0, 0.1) is 5.82 Å². The number of ether oxygens (including phenoxy) is 1. The molecule has 0 fully saturated rings. The van der Waals surface area contributed by atoms with E-state index < -0.39 is 0 Å². The number of nitrogens with one attached hydrogen (secondary N) is 1. The Morgan fingerprint density at radius 3 is 2.95 bits per heavy atom. The molecular weight excluding hydrogens is 261 g/mol. The van der Waals surface area contributed by atoms with Gasteiger partial charge in [0.25, 0.3) is 0 Å². The fourth-order valence-corrected chi connectivity index (χ4v) is 3.39. The van der Waals surface area contributed by atoms with Crippen molar-refractivity contribution in [2.45, 2.75) is 10.9 Å².